The maximum absolute atomic E-state index is 12.3. The third kappa shape index (κ3) is 4.56. The van der Waals surface area contributed by atoms with Gasteiger partial charge in [0.1, 0.15) is 6.33 Å². The molecule has 3 rings (SSSR count). The minimum atomic E-state index is -0.280. The summed E-state index contributed by atoms with van der Waals surface area (Å²) in [5, 5.41) is 16.8. The molecule has 0 aliphatic rings. The molecule has 2 aromatic carbocycles. The van der Waals surface area contributed by atoms with E-state index in [2.05, 4.69) is 26.2 Å². The van der Waals surface area contributed by atoms with E-state index in [1.165, 1.54) is 11.0 Å². The van der Waals surface area contributed by atoms with Gasteiger partial charge in [-0.15, -0.1) is 5.10 Å². The number of aryl methyl sites for hydroxylation is 1. The van der Waals surface area contributed by atoms with Crippen molar-refractivity contribution in [1.82, 2.24) is 25.5 Å². The largest absolute Gasteiger partial charge is 0.493 e. The fourth-order valence-electron chi connectivity index (χ4n) is 2.69. The number of hydrogen-bond acceptors (Lipinski definition) is 6. The van der Waals surface area contributed by atoms with Crippen molar-refractivity contribution in [3.05, 3.63) is 53.9 Å². The molecular formula is C19H22N6O3. The molecule has 9 nitrogen and oxygen atoms in total. The van der Waals surface area contributed by atoms with Crippen LogP contribution in [-0.2, 0) is 6.42 Å². The molecule has 0 unspecified atom stereocenters. The summed E-state index contributed by atoms with van der Waals surface area (Å²) < 4.78 is 12.1. The first-order chi connectivity index (χ1) is 13.6. The van der Waals surface area contributed by atoms with Gasteiger partial charge < -0.3 is 20.1 Å². The number of benzene rings is 2. The lowest BCUT2D eigenvalue weighted by Gasteiger charge is -2.12. The van der Waals surface area contributed by atoms with Crippen LogP contribution in [0.15, 0.2) is 42.7 Å². The number of hydrogen-bond donors (Lipinski definition) is 2. The number of tetrazole rings is 1. The molecule has 1 heterocycles. The van der Waals surface area contributed by atoms with Crippen LogP contribution in [-0.4, -0.2) is 47.0 Å². The summed E-state index contributed by atoms with van der Waals surface area (Å²) in [5.74, 6) is 1.34. The first-order valence-corrected chi connectivity index (χ1v) is 8.70. The van der Waals surface area contributed by atoms with E-state index >= 15 is 0 Å². The standard InChI is InChI=1S/C19H22N6O3/c1-13-4-6-15(25-12-21-23-24-25)11-16(13)22-19(26)20-9-8-14-5-7-17(27-2)18(10-14)28-3/h4-7,10-12H,8-9H2,1-3H3,(H2,20,22,26). The SMILES string of the molecule is COc1ccc(CCNC(=O)Nc2cc(-n3cnnn3)ccc2C)cc1OC. The van der Waals surface area contributed by atoms with Gasteiger partial charge in [0, 0.05) is 12.2 Å². The van der Waals surface area contributed by atoms with Gasteiger partial charge in [0.05, 0.1) is 19.9 Å². The number of methoxy groups -OCH3 is 2. The number of nitrogens with zero attached hydrogens (tertiary/aromatic N) is 4. The zero-order valence-electron chi connectivity index (χ0n) is 16.0. The molecule has 9 heteroatoms. The Balaban J connectivity index is 1.57. The average molecular weight is 382 g/mol. The van der Waals surface area contributed by atoms with Crippen molar-refractivity contribution >= 4 is 11.7 Å². The molecule has 28 heavy (non-hydrogen) atoms. The van der Waals surface area contributed by atoms with E-state index in [1.54, 1.807) is 14.2 Å². The zero-order valence-corrected chi connectivity index (χ0v) is 16.0. The molecular weight excluding hydrogens is 360 g/mol. The Hall–Kier alpha value is -3.62. The Labute approximate surface area is 162 Å². The van der Waals surface area contributed by atoms with E-state index in [9.17, 15) is 4.79 Å². The minimum Gasteiger partial charge on any atom is -0.493 e. The topological polar surface area (TPSA) is 103 Å². The quantitative estimate of drug-likeness (QED) is 0.650. The summed E-state index contributed by atoms with van der Waals surface area (Å²) in [6.45, 7) is 2.40. The van der Waals surface area contributed by atoms with Gasteiger partial charge in [-0.2, -0.15) is 0 Å². The average Bonchev–Trinajstić information content (AvgIpc) is 3.24. The Morgan fingerprint density at radius 1 is 1.11 bits per heavy atom. The van der Waals surface area contributed by atoms with Gasteiger partial charge >= 0.3 is 6.03 Å². The van der Waals surface area contributed by atoms with Crippen LogP contribution < -0.4 is 20.1 Å². The molecule has 0 atom stereocenters. The Kier molecular flexibility index (Phi) is 6.05. The highest BCUT2D eigenvalue weighted by Crippen LogP contribution is 2.27. The molecule has 0 aliphatic carbocycles. The Morgan fingerprint density at radius 3 is 2.64 bits per heavy atom. The number of nitrogens with one attached hydrogen (secondary N) is 2. The lowest BCUT2D eigenvalue weighted by Crippen LogP contribution is -2.30. The Bertz CT molecular complexity index is 943. The molecule has 2 N–H and O–H groups in total. The summed E-state index contributed by atoms with van der Waals surface area (Å²) in [6.07, 6.45) is 2.16. The van der Waals surface area contributed by atoms with E-state index in [1.807, 2.05) is 43.3 Å². The summed E-state index contributed by atoms with van der Waals surface area (Å²) in [5.41, 5.74) is 3.43. The summed E-state index contributed by atoms with van der Waals surface area (Å²) in [6, 6.07) is 11.0. The van der Waals surface area contributed by atoms with E-state index < -0.39 is 0 Å². The van der Waals surface area contributed by atoms with E-state index in [0.717, 1.165) is 16.8 Å². The highest BCUT2D eigenvalue weighted by atomic mass is 16.5. The maximum Gasteiger partial charge on any atom is 0.319 e. The fraction of sp³-hybridized carbons (Fsp3) is 0.263. The van der Waals surface area contributed by atoms with Gasteiger partial charge in [0.2, 0.25) is 0 Å². The molecule has 146 valence electrons. The lowest BCUT2D eigenvalue weighted by atomic mass is 10.1. The van der Waals surface area contributed by atoms with Crippen LogP contribution in [0.3, 0.4) is 0 Å². The van der Waals surface area contributed by atoms with Crippen LogP contribution >= 0.6 is 0 Å². The molecule has 3 aromatic rings. The second-order valence-corrected chi connectivity index (χ2v) is 6.07. The van der Waals surface area contributed by atoms with Gasteiger partial charge in [0.15, 0.2) is 11.5 Å². The molecule has 1 aromatic heterocycles. The van der Waals surface area contributed by atoms with Gasteiger partial charge in [-0.05, 0) is 59.2 Å². The summed E-state index contributed by atoms with van der Waals surface area (Å²) in [7, 11) is 3.19. The normalized spacial score (nSPS) is 10.4. The first-order valence-electron chi connectivity index (χ1n) is 8.70. The molecule has 0 fully saturated rings. The highest BCUT2D eigenvalue weighted by molar-refractivity contribution is 5.90. The van der Waals surface area contributed by atoms with Crippen molar-refractivity contribution in [2.24, 2.45) is 0 Å². The molecule has 0 aliphatic heterocycles. The van der Waals surface area contributed by atoms with Crippen molar-refractivity contribution in [2.45, 2.75) is 13.3 Å². The van der Waals surface area contributed by atoms with Gasteiger partial charge in [-0.25, -0.2) is 9.48 Å². The van der Waals surface area contributed by atoms with Gasteiger partial charge in [-0.1, -0.05) is 12.1 Å². The highest BCUT2D eigenvalue weighted by Gasteiger charge is 2.08. The van der Waals surface area contributed by atoms with Crippen molar-refractivity contribution in [3.8, 4) is 17.2 Å². The van der Waals surface area contributed by atoms with Crippen LogP contribution in [0.2, 0.25) is 0 Å². The van der Waals surface area contributed by atoms with Crippen LogP contribution in [0.1, 0.15) is 11.1 Å². The second kappa shape index (κ2) is 8.85. The molecule has 0 saturated carbocycles. The van der Waals surface area contributed by atoms with Crippen molar-refractivity contribution in [3.63, 3.8) is 0 Å². The number of anilines is 1. The molecule has 0 radical (unpaired) electrons. The van der Waals surface area contributed by atoms with Gasteiger partial charge in [0.25, 0.3) is 0 Å². The number of urea groups is 1. The second-order valence-electron chi connectivity index (χ2n) is 6.07. The van der Waals surface area contributed by atoms with Crippen LogP contribution in [0, 0.1) is 6.92 Å². The van der Waals surface area contributed by atoms with Gasteiger partial charge in [-0.3, -0.25) is 0 Å². The van der Waals surface area contributed by atoms with Crippen molar-refractivity contribution in [1.29, 1.82) is 0 Å². The van der Waals surface area contributed by atoms with E-state index in [0.29, 0.717) is 30.2 Å². The monoisotopic (exact) mass is 382 g/mol. The number of rotatable bonds is 7. The third-order valence-electron chi connectivity index (χ3n) is 4.23. The summed E-state index contributed by atoms with van der Waals surface area (Å²) in [4.78, 5) is 12.3. The third-order valence-corrected chi connectivity index (χ3v) is 4.23. The Morgan fingerprint density at radius 2 is 1.93 bits per heavy atom. The van der Waals surface area contributed by atoms with E-state index in [4.69, 9.17) is 9.47 Å². The number of amides is 2. The number of aromatic nitrogens is 4. The zero-order chi connectivity index (χ0) is 19.9. The number of carbonyl (C=O) groups excluding carboxylic acids is 1. The summed E-state index contributed by atoms with van der Waals surface area (Å²) >= 11 is 0. The lowest BCUT2D eigenvalue weighted by molar-refractivity contribution is 0.252. The van der Waals surface area contributed by atoms with Crippen LogP contribution in [0.4, 0.5) is 10.5 Å². The molecule has 0 spiro atoms. The maximum atomic E-state index is 12.3. The van der Waals surface area contributed by atoms with Crippen LogP contribution in [0.25, 0.3) is 5.69 Å². The fourth-order valence-corrected chi connectivity index (χ4v) is 2.69. The predicted molar refractivity (Wildman–Crippen MR) is 104 cm³/mol. The van der Waals surface area contributed by atoms with Crippen molar-refractivity contribution < 1.29 is 14.3 Å². The van der Waals surface area contributed by atoms with Crippen LogP contribution in [0.5, 0.6) is 11.5 Å². The molecule has 2 amide bonds. The molecule has 0 saturated heterocycles. The number of ether oxygens (including phenoxy) is 2. The molecule has 0 bridgehead atoms. The smallest absolute Gasteiger partial charge is 0.319 e. The first kappa shape index (κ1) is 19.2. The number of carbonyl (C=O) groups is 1. The van der Waals surface area contributed by atoms with E-state index in [-0.39, 0.29) is 6.03 Å². The van der Waals surface area contributed by atoms with Crippen molar-refractivity contribution in [2.75, 3.05) is 26.1 Å². The predicted octanol–water partition coefficient (Wildman–Crippen LogP) is 2.35. The minimum absolute atomic E-state index is 0.280.